The van der Waals surface area contributed by atoms with E-state index in [1.54, 1.807) is 0 Å². The van der Waals surface area contributed by atoms with Crippen molar-refractivity contribution in [1.29, 1.82) is 0 Å². The molecule has 0 amide bonds. The van der Waals surface area contributed by atoms with Crippen LogP contribution < -0.4 is 0 Å². The lowest BCUT2D eigenvalue weighted by Gasteiger charge is -2.01. The minimum absolute atomic E-state index is 0.887. The zero-order valence-corrected chi connectivity index (χ0v) is 7.29. The fourth-order valence-electron chi connectivity index (χ4n) is 1.53. The Hall–Kier alpha value is -1.31. The van der Waals surface area contributed by atoms with E-state index in [1.807, 2.05) is 6.07 Å². The number of hydrogen-bond acceptors (Lipinski definition) is 2. The number of rotatable bonds is 1. The summed E-state index contributed by atoms with van der Waals surface area (Å²) in [6.45, 7) is 4.24. The molecule has 0 aliphatic heterocycles. The second-order valence-corrected chi connectivity index (χ2v) is 2.91. The first-order valence-electron chi connectivity index (χ1n) is 4.14. The van der Waals surface area contributed by atoms with Crippen molar-refractivity contribution < 1.29 is 4.42 Å². The summed E-state index contributed by atoms with van der Waals surface area (Å²) in [5.74, 6) is 0. The number of aryl methyl sites for hydroxylation is 2. The molecule has 0 aliphatic rings. The predicted molar refractivity (Wildman–Crippen MR) is 48.1 cm³/mol. The molecule has 2 heteroatoms. The highest BCUT2D eigenvalue weighted by Crippen LogP contribution is 2.20. The normalized spacial score (nSPS) is 10.8. The molecule has 0 spiro atoms. The maximum Gasteiger partial charge on any atom is 0.181 e. The molecule has 0 saturated carbocycles. The van der Waals surface area contributed by atoms with Crippen molar-refractivity contribution in [2.75, 3.05) is 0 Å². The second kappa shape index (κ2) is 2.63. The molecule has 0 N–H and O–H groups in total. The van der Waals surface area contributed by atoms with Gasteiger partial charge in [0, 0.05) is 0 Å². The SMILES string of the molecule is CCc1c(C)ccc2ocnc12. The topological polar surface area (TPSA) is 26.0 Å². The van der Waals surface area contributed by atoms with Gasteiger partial charge in [0.05, 0.1) is 0 Å². The van der Waals surface area contributed by atoms with Crippen LogP contribution in [0.4, 0.5) is 0 Å². The van der Waals surface area contributed by atoms with E-state index in [1.165, 1.54) is 17.5 Å². The number of nitrogens with zero attached hydrogens (tertiary/aromatic N) is 1. The van der Waals surface area contributed by atoms with Crippen molar-refractivity contribution in [1.82, 2.24) is 4.98 Å². The molecular formula is C10H11NO. The van der Waals surface area contributed by atoms with E-state index in [2.05, 4.69) is 24.9 Å². The fraction of sp³-hybridized carbons (Fsp3) is 0.300. The molecule has 0 atom stereocenters. The molecule has 1 aromatic carbocycles. The summed E-state index contributed by atoms with van der Waals surface area (Å²) in [6.07, 6.45) is 2.51. The van der Waals surface area contributed by atoms with Gasteiger partial charge in [0.1, 0.15) is 5.52 Å². The average molecular weight is 161 g/mol. The van der Waals surface area contributed by atoms with Crippen molar-refractivity contribution >= 4 is 11.1 Å². The van der Waals surface area contributed by atoms with E-state index in [0.717, 1.165) is 17.5 Å². The monoisotopic (exact) mass is 161 g/mol. The summed E-state index contributed by atoms with van der Waals surface area (Å²) in [5.41, 5.74) is 4.48. The van der Waals surface area contributed by atoms with Gasteiger partial charge in [-0.05, 0) is 30.5 Å². The Morgan fingerprint density at radius 3 is 3.00 bits per heavy atom. The van der Waals surface area contributed by atoms with Crippen LogP contribution in [0, 0.1) is 6.92 Å². The highest BCUT2D eigenvalue weighted by Gasteiger charge is 2.05. The van der Waals surface area contributed by atoms with Gasteiger partial charge in [-0.1, -0.05) is 13.0 Å². The van der Waals surface area contributed by atoms with Crippen LogP contribution in [-0.4, -0.2) is 4.98 Å². The minimum Gasteiger partial charge on any atom is -0.443 e. The van der Waals surface area contributed by atoms with Gasteiger partial charge >= 0.3 is 0 Å². The molecule has 12 heavy (non-hydrogen) atoms. The van der Waals surface area contributed by atoms with Crippen molar-refractivity contribution in [3.8, 4) is 0 Å². The van der Waals surface area contributed by atoms with Gasteiger partial charge in [-0.25, -0.2) is 4.98 Å². The molecule has 0 bridgehead atoms. The van der Waals surface area contributed by atoms with Crippen LogP contribution in [0.25, 0.3) is 11.1 Å². The molecule has 1 heterocycles. The van der Waals surface area contributed by atoms with Gasteiger partial charge in [-0.15, -0.1) is 0 Å². The minimum atomic E-state index is 0.887. The van der Waals surface area contributed by atoms with Gasteiger partial charge in [-0.3, -0.25) is 0 Å². The number of fused-ring (bicyclic) bond motifs is 1. The molecule has 2 nitrogen and oxygen atoms in total. The maximum atomic E-state index is 5.20. The second-order valence-electron chi connectivity index (χ2n) is 2.91. The number of oxazole rings is 1. The third-order valence-electron chi connectivity index (χ3n) is 2.19. The predicted octanol–water partition coefficient (Wildman–Crippen LogP) is 2.70. The van der Waals surface area contributed by atoms with Gasteiger partial charge in [0.25, 0.3) is 0 Å². The molecule has 2 rings (SSSR count). The summed E-state index contributed by atoms with van der Waals surface area (Å²) in [7, 11) is 0. The average Bonchev–Trinajstić information content (AvgIpc) is 2.52. The summed E-state index contributed by atoms with van der Waals surface area (Å²) >= 11 is 0. The zero-order valence-electron chi connectivity index (χ0n) is 7.29. The standard InChI is InChI=1S/C10H11NO/c1-3-8-7(2)4-5-9-10(8)11-6-12-9/h4-6H,3H2,1-2H3. The molecule has 2 aromatic rings. The molecule has 0 fully saturated rings. The van der Waals surface area contributed by atoms with E-state index >= 15 is 0 Å². The van der Waals surface area contributed by atoms with Crippen molar-refractivity contribution in [3.05, 3.63) is 29.7 Å². The van der Waals surface area contributed by atoms with E-state index in [9.17, 15) is 0 Å². The Bertz CT molecular complexity index is 403. The third-order valence-corrected chi connectivity index (χ3v) is 2.19. The Morgan fingerprint density at radius 1 is 1.42 bits per heavy atom. The van der Waals surface area contributed by atoms with Crippen LogP contribution in [0.5, 0.6) is 0 Å². The largest absolute Gasteiger partial charge is 0.443 e. The van der Waals surface area contributed by atoms with Crippen LogP contribution in [0.15, 0.2) is 22.9 Å². The lowest BCUT2D eigenvalue weighted by molar-refractivity contribution is 0.602. The van der Waals surface area contributed by atoms with Crippen LogP contribution in [0.3, 0.4) is 0 Å². The van der Waals surface area contributed by atoms with Crippen molar-refractivity contribution in [2.45, 2.75) is 20.3 Å². The van der Waals surface area contributed by atoms with Crippen LogP contribution in [0.1, 0.15) is 18.1 Å². The van der Waals surface area contributed by atoms with Crippen molar-refractivity contribution in [3.63, 3.8) is 0 Å². The highest BCUT2D eigenvalue weighted by atomic mass is 16.3. The highest BCUT2D eigenvalue weighted by molar-refractivity contribution is 5.77. The van der Waals surface area contributed by atoms with E-state index < -0.39 is 0 Å². The third kappa shape index (κ3) is 0.916. The first-order chi connectivity index (χ1) is 5.83. The molecule has 0 unspecified atom stereocenters. The smallest absolute Gasteiger partial charge is 0.181 e. The summed E-state index contributed by atoms with van der Waals surface area (Å²) in [5, 5.41) is 0. The maximum absolute atomic E-state index is 5.20. The molecule has 0 aliphatic carbocycles. The summed E-state index contributed by atoms with van der Waals surface area (Å²) in [6, 6.07) is 4.04. The van der Waals surface area contributed by atoms with Gasteiger partial charge in [-0.2, -0.15) is 0 Å². The van der Waals surface area contributed by atoms with Crippen LogP contribution in [0.2, 0.25) is 0 Å². The fourth-order valence-corrected chi connectivity index (χ4v) is 1.53. The summed E-state index contributed by atoms with van der Waals surface area (Å²) < 4.78 is 5.20. The summed E-state index contributed by atoms with van der Waals surface area (Å²) in [4.78, 5) is 4.18. The number of aromatic nitrogens is 1. The molecule has 62 valence electrons. The van der Waals surface area contributed by atoms with E-state index in [4.69, 9.17) is 4.42 Å². The molecule has 0 radical (unpaired) electrons. The Kier molecular flexibility index (Phi) is 1.61. The molecule has 1 aromatic heterocycles. The molecular weight excluding hydrogens is 150 g/mol. The Balaban J connectivity index is 2.83. The quantitative estimate of drug-likeness (QED) is 0.642. The zero-order chi connectivity index (χ0) is 8.55. The van der Waals surface area contributed by atoms with E-state index in [0.29, 0.717) is 0 Å². The van der Waals surface area contributed by atoms with E-state index in [-0.39, 0.29) is 0 Å². The van der Waals surface area contributed by atoms with Crippen LogP contribution >= 0.6 is 0 Å². The van der Waals surface area contributed by atoms with Crippen molar-refractivity contribution in [2.24, 2.45) is 0 Å². The van der Waals surface area contributed by atoms with Gasteiger partial charge in [0.2, 0.25) is 0 Å². The number of benzene rings is 1. The first-order valence-corrected chi connectivity index (χ1v) is 4.14. The molecule has 0 saturated heterocycles. The Labute approximate surface area is 71.2 Å². The van der Waals surface area contributed by atoms with Gasteiger partial charge < -0.3 is 4.42 Å². The lowest BCUT2D eigenvalue weighted by atomic mass is 10.1. The van der Waals surface area contributed by atoms with Gasteiger partial charge in [0.15, 0.2) is 12.0 Å². The van der Waals surface area contributed by atoms with Crippen LogP contribution in [-0.2, 0) is 6.42 Å². The lowest BCUT2D eigenvalue weighted by Crippen LogP contribution is -1.87. The Morgan fingerprint density at radius 2 is 2.25 bits per heavy atom. The number of hydrogen-bond donors (Lipinski definition) is 0. The first kappa shape index (κ1) is 7.35.